The molecule has 2 aromatic heterocycles. The van der Waals surface area contributed by atoms with Gasteiger partial charge in [0.15, 0.2) is 10.1 Å². The molecule has 0 spiro atoms. The summed E-state index contributed by atoms with van der Waals surface area (Å²) in [5.74, 6) is 1.86. The number of alkyl halides is 24. The Kier molecular flexibility index (Phi) is 18.4. The third-order valence-electron chi connectivity index (χ3n) is 15.6. The van der Waals surface area contributed by atoms with Crippen LogP contribution in [0.1, 0.15) is 44.5 Å². The van der Waals surface area contributed by atoms with Gasteiger partial charge in [0.1, 0.15) is 17.6 Å². The minimum Gasteiger partial charge on any atom is -0.445 e. The summed E-state index contributed by atoms with van der Waals surface area (Å²) in [4.78, 5) is 0. The van der Waals surface area contributed by atoms with Crippen LogP contribution >= 0.6 is 22.7 Å². The van der Waals surface area contributed by atoms with Crippen LogP contribution in [-0.4, -0.2) is 6.15 Å². The predicted octanol–water partition coefficient (Wildman–Crippen LogP) is 19.3. The number of halogens is 25. The molecule has 12 rings (SSSR count). The highest BCUT2D eigenvalue weighted by molar-refractivity contribution is 7.20. The minimum atomic E-state index is -6.13. The highest BCUT2D eigenvalue weighted by Crippen LogP contribution is 2.45. The van der Waals surface area contributed by atoms with Crippen LogP contribution in [0.25, 0.3) is 43.1 Å². The van der Waals surface area contributed by atoms with Crippen LogP contribution in [0.4, 0.5) is 105 Å². The van der Waals surface area contributed by atoms with Gasteiger partial charge < -0.3 is 9.47 Å². The number of rotatable bonds is 10. The van der Waals surface area contributed by atoms with Crippen LogP contribution < -0.4 is 52.5 Å². The van der Waals surface area contributed by atoms with Crippen molar-refractivity contribution in [2.75, 3.05) is 0 Å². The van der Waals surface area contributed by atoms with Crippen LogP contribution in [0.2, 0.25) is 0 Å². The predicted molar refractivity (Wildman–Crippen MR) is 319 cm³/mol. The van der Waals surface area contributed by atoms with Gasteiger partial charge in [0.05, 0.1) is 44.5 Å². The highest BCUT2D eigenvalue weighted by Gasteiger charge is 2.47. The van der Waals surface area contributed by atoms with E-state index in [0.717, 1.165) is 43.2 Å². The Morgan fingerprint density at radius 1 is 0.245 bits per heavy atom. The fraction of sp³-hybridized carbons (Fsp3) is 0.118. The molecule has 30 heteroatoms. The number of hydrogen-bond acceptors (Lipinski definition) is 4. The topological polar surface area (TPSA) is 18.5 Å². The number of thiophene rings is 2. The van der Waals surface area contributed by atoms with Crippen molar-refractivity contribution in [2.24, 2.45) is 0 Å². The second kappa shape index (κ2) is 25.6. The van der Waals surface area contributed by atoms with Gasteiger partial charge in [-0.05, 0) is 70.1 Å². The first-order chi connectivity index (χ1) is 45.5. The molecule has 0 atom stereocenters. The van der Waals surface area contributed by atoms with Gasteiger partial charge in [-0.3, -0.25) is 0 Å². The summed E-state index contributed by atoms with van der Waals surface area (Å²) < 4.78 is 357. The van der Waals surface area contributed by atoms with Gasteiger partial charge in [0, 0.05) is 33.7 Å². The quantitative estimate of drug-likeness (QED) is 0.0588. The monoisotopic (exact) mass is 1540 g/mol. The molecule has 0 bridgehead atoms. The van der Waals surface area contributed by atoms with Crippen molar-refractivity contribution in [3.8, 4) is 21.6 Å². The van der Waals surface area contributed by atoms with E-state index in [4.69, 9.17) is 9.47 Å². The zero-order valence-corrected chi connectivity index (χ0v) is 52.1. The standard InChI is InChI=1S/C36H22IO2S2.C32H12BF24/c1-5-13-27-23(9-1)21-24-10-2-6-14-28(24)35(27)38-33-19-17-31(40-33)37-32-18-20-34(41-32)39-36-29-15-7-3-11-25(29)22-26-12-4-8-16-30(26)36;34-25(35,36)13-1-14(26(37,38)39)6-21(5-13)33(22-7-15(27(40,41)42)2-16(8-22)28(43,44)45,23-9-17(29(46,47)48)3-18(10-23)30(49,50)51)24-11-19(31(52,53)54)4-20(12-24)32(55,56)57/h1-22H;1-12H/q+1;-1. The summed E-state index contributed by atoms with van der Waals surface area (Å²) in [6.45, 7) is 0. The van der Waals surface area contributed by atoms with Crippen LogP contribution in [0.3, 0.4) is 0 Å². The molecule has 2 nitrogen and oxygen atoms in total. The SMILES string of the molecule is FC(F)(F)c1cc([B-](c2cc(C(F)(F)F)cc(C(F)(F)F)c2)(c2cc(C(F)(F)F)cc(C(F)(F)F)c2)c2cc(C(F)(F)F)cc(C(F)(F)F)c2)cc(C(F)(F)F)c1.c1ccc2c(Oc3ccc([I+]c4ccc(Oc5c6ccccc6cc6ccccc56)s4)s3)c3ccccc3cc2c1. The third kappa shape index (κ3) is 14.9. The van der Waals surface area contributed by atoms with Gasteiger partial charge in [0.2, 0.25) is 0 Å². The van der Waals surface area contributed by atoms with Gasteiger partial charge in [-0.2, -0.15) is 127 Å². The molecule has 2 heterocycles. The van der Waals surface area contributed by atoms with Crippen LogP contribution in [0.5, 0.6) is 21.6 Å². The van der Waals surface area contributed by atoms with Crippen molar-refractivity contribution < 1.29 is 136 Å². The fourth-order valence-corrected chi connectivity index (χ4v) is 17.2. The van der Waals surface area contributed by atoms with Crippen molar-refractivity contribution in [2.45, 2.75) is 49.4 Å². The van der Waals surface area contributed by atoms with Crippen molar-refractivity contribution in [3.63, 3.8) is 0 Å². The second-order valence-corrected chi connectivity index (χ2v) is 28.4. The van der Waals surface area contributed by atoms with E-state index in [2.05, 4.69) is 133 Å². The van der Waals surface area contributed by atoms with E-state index < -0.39 is 195 Å². The Bertz CT molecular complexity index is 4290. The summed E-state index contributed by atoms with van der Waals surface area (Å²) in [6, 6.07) is 38.1. The van der Waals surface area contributed by atoms with E-state index in [9.17, 15) is 105 Å². The normalized spacial score (nSPS) is 13.1. The van der Waals surface area contributed by atoms with Crippen LogP contribution in [0, 0.1) is 5.77 Å². The molecule has 0 amide bonds. The van der Waals surface area contributed by atoms with Crippen molar-refractivity contribution in [1.82, 2.24) is 0 Å². The zero-order chi connectivity index (χ0) is 71.1. The summed E-state index contributed by atoms with van der Waals surface area (Å²) in [7, 11) is 0. The molecule has 0 aliphatic heterocycles. The van der Waals surface area contributed by atoms with Gasteiger partial charge >= 0.3 is 70.6 Å². The smallest absolute Gasteiger partial charge is 0.416 e. The molecule has 0 fully saturated rings. The Labute approximate surface area is 554 Å². The Hall–Kier alpha value is -8.65. The highest BCUT2D eigenvalue weighted by atomic mass is 127. The molecule has 508 valence electrons. The van der Waals surface area contributed by atoms with E-state index in [1.165, 1.54) is 27.3 Å². The molecular weight excluding hydrogens is 1510 g/mol. The lowest BCUT2D eigenvalue weighted by Gasteiger charge is -2.46. The largest absolute Gasteiger partial charge is 0.445 e. The van der Waals surface area contributed by atoms with E-state index in [1.54, 1.807) is 22.7 Å². The number of hydrogen-bond donors (Lipinski definition) is 0. The summed E-state index contributed by atoms with van der Waals surface area (Å²) in [6.07, 6.45) is -54.8. The first-order valence-electron chi connectivity index (χ1n) is 27.9. The number of fused-ring (bicyclic) bond motifs is 4. The maximum atomic E-state index is 14.2. The lowest BCUT2D eigenvalue weighted by molar-refractivity contribution is -0.585. The maximum absolute atomic E-state index is 14.2. The van der Waals surface area contributed by atoms with Crippen molar-refractivity contribution in [1.29, 1.82) is 0 Å². The van der Waals surface area contributed by atoms with Gasteiger partial charge in [-0.1, -0.05) is 168 Å². The van der Waals surface area contributed by atoms with E-state index in [-0.39, 0.29) is 21.2 Å². The molecule has 12 aromatic rings. The molecule has 0 saturated carbocycles. The third-order valence-corrected chi connectivity index (χ3v) is 21.2. The zero-order valence-electron chi connectivity index (χ0n) is 48.3. The van der Waals surface area contributed by atoms with Crippen molar-refractivity contribution in [3.05, 3.63) is 257 Å². The molecule has 0 N–H and O–H groups in total. The molecular formula is C68H34BF24IO2S2. The van der Waals surface area contributed by atoms with Gasteiger partial charge in [0.25, 0.3) is 5.77 Å². The average molecular weight is 1540 g/mol. The van der Waals surface area contributed by atoms with Gasteiger partial charge in [-0.25, -0.2) is 0 Å². The molecule has 0 aliphatic rings. The van der Waals surface area contributed by atoms with E-state index in [0.29, 0.717) is 0 Å². The minimum absolute atomic E-state index is 0.346. The number of ether oxygens (including phenoxy) is 2. The first kappa shape index (κ1) is 70.7. The van der Waals surface area contributed by atoms with Crippen molar-refractivity contribution >= 4 is 93.8 Å². The average Bonchev–Trinajstić information content (AvgIpc) is 0.764. The fourth-order valence-electron chi connectivity index (χ4n) is 11.3. The van der Waals surface area contributed by atoms with E-state index >= 15 is 0 Å². The molecule has 0 radical (unpaired) electrons. The lowest BCUT2D eigenvalue weighted by Crippen LogP contribution is -3.61. The summed E-state index contributed by atoms with van der Waals surface area (Å²) in [5, 5.41) is 11.2. The Morgan fingerprint density at radius 2 is 0.449 bits per heavy atom. The summed E-state index contributed by atoms with van der Waals surface area (Å²) in [5.41, 5.74) is -30.2. The first-order valence-corrected chi connectivity index (χ1v) is 31.7. The summed E-state index contributed by atoms with van der Waals surface area (Å²) >= 11 is 3.15. The van der Waals surface area contributed by atoms with Crippen LogP contribution in [-0.2, 0) is 49.4 Å². The molecule has 0 aliphatic carbocycles. The van der Waals surface area contributed by atoms with Crippen LogP contribution in [0.15, 0.2) is 206 Å². The Morgan fingerprint density at radius 3 is 0.653 bits per heavy atom. The van der Waals surface area contributed by atoms with Gasteiger partial charge in [-0.15, -0.1) is 0 Å². The Balaban J connectivity index is 0.000000207. The number of benzene rings is 10. The molecule has 98 heavy (non-hydrogen) atoms. The second-order valence-electron chi connectivity index (χ2n) is 21.9. The maximum Gasteiger partial charge on any atom is 0.416 e. The molecule has 10 aromatic carbocycles. The molecule has 0 saturated heterocycles. The lowest BCUT2D eigenvalue weighted by atomic mass is 9.12. The van der Waals surface area contributed by atoms with E-state index in [1.807, 2.05) is 0 Å². The molecule has 0 unspecified atom stereocenters.